The first-order chi connectivity index (χ1) is 12.9. The molecule has 5 nitrogen and oxygen atoms in total. The van der Waals surface area contributed by atoms with Crippen molar-refractivity contribution in [2.24, 2.45) is 0 Å². The highest BCUT2D eigenvalue weighted by atomic mass is 35.5. The summed E-state index contributed by atoms with van der Waals surface area (Å²) in [6.07, 6.45) is 1.47. The van der Waals surface area contributed by atoms with Crippen LogP contribution in [-0.2, 0) is 25.9 Å². The Balaban J connectivity index is 1.79. The molecule has 0 radical (unpaired) electrons. The number of halogens is 1. The van der Waals surface area contributed by atoms with E-state index < -0.39 is 10.0 Å². The van der Waals surface area contributed by atoms with E-state index in [4.69, 9.17) is 21.1 Å². The molecule has 0 aliphatic carbocycles. The van der Waals surface area contributed by atoms with Gasteiger partial charge in [-0.2, -0.15) is 0 Å². The molecule has 1 N–H and O–H groups in total. The summed E-state index contributed by atoms with van der Waals surface area (Å²) in [6.45, 7) is 1.50. The topological polar surface area (TPSA) is 64.6 Å². The van der Waals surface area contributed by atoms with Crippen LogP contribution in [-0.4, -0.2) is 35.3 Å². The Morgan fingerprint density at radius 3 is 2.44 bits per heavy atom. The Bertz CT molecular complexity index is 862. The molecular weight excluding hydrogens is 386 g/mol. The first kappa shape index (κ1) is 20.1. The van der Waals surface area contributed by atoms with Crippen LogP contribution >= 0.6 is 11.6 Å². The Hall–Kier alpha value is -1.60. The maximum atomic E-state index is 12.6. The van der Waals surface area contributed by atoms with Crippen LogP contribution in [0.25, 0.3) is 0 Å². The van der Waals surface area contributed by atoms with Crippen molar-refractivity contribution in [3.63, 3.8) is 0 Å². The summed E-state index contributed by atoms with van der Waals surface area (Å²) in [5.74, 6) is 0.694. The summed E-state index contributed by atoms with van der Waals surface area (Å²) in [4.78, 5) is 0. The Morgan fingerprint density at radius 2 is 1.78 bits per heavy atom. The zero-order valence-electron chi connectivity index (χ0n) is 15.3. The predicted octanol–water partition coefficient (Wildman–Crippen LogP) is 3.52. The summed E-state index contributed by atoms with van der Waals surface area (Å²) in [7, 11) is -1.85. The third-order valence-corrected chi connectivity index (χ3v) is 6.58. The van der Waals surface area contributed by atoms with E-state index >= 15 is 0 Å². The van der Waals surface area contributed by atoms with Crippen LogP contribution in [0.15, 0.2) is 48.5 Å². The van der Waals surface area contributed by atoms with Crippen molar-refractivity contribution in [1.29, 1.82) is 0 Å². The standard InChI is InChI=1S/C20H24ClNO4S/c1-25-19-5-3-2-4-18(19)20(10-12-26-13-11-20)15-22-27(23,24)14-16-6-8-17(21)9-7-16/h2-9,22H,10-15H2,1H3. The zero-order chi connectivity index (χ0) is 19.3. The van der Waals surface area contributed by atoms with E-state index in [9.17, 15) is 8.42 Å². The first-order valence-electron chi connectivity index (χ1n) is 8.87. The van der Waals surface area contributed by atoms with Crippen LogP contribution in [0.4, 0.5) is 0 Å². The Labute approximate surface area is 165 Å². The van der Waals surface area contributed by atoms with Gasteiger partial charge in [-0.05, 0) is 36.6 Å². The van der Waals surface area contributed by atoms with Gasteiger partial charge in [-0.1, -0.05) is 41.9 Å². The Morgan fingerprint density at radius 1 is 1.11 bits per heavy atom. The van der Waals surface area contributed by atoms with Gasteiger partial charge < -0.3 is 9.47 Å². The summed E-state index contributed by atoms with van der Waals surface area (Å²) in [5.41, 5.74) is 1.37. The van der Waals surface area contributed by atoms with Gasteiger partial charge in [-0.3, -0.25) is 0 Å². The predicted molar refractivity (Wildman–Crippen MR) is 107 cm³/mol. The molecule has 27 heavy (non-hydrogen) atoms. The molecule has 7 heteroatoms. The number of sulfonamides is 1. The van der Waals surface area contributed by atoms with Crippen molar-refractivity contribution in [2.45, 2.75) is 24.0 Å². The highest BCUT2D eigenvalue weighted by molar-refractivity contribution is 7.88. The van der Waals surface area contributed by atoms with Gasteiger partial charge in [0.2, 0.25) is 10.0 Å². The number of nitrogens with one attached hydrogen (secondary N) is 1. The van der Waals surface area contributed by atoms with E-state index in [1.54, 1.807) is 31.4 Å². The molecule has 1 aliphatic rings. The molecular formula is C20H24ClNO4S. The third kappa shape index (κ3) is 5.02. The number of benzene rings is 2. The van der Waals surface area contributed by atoms with Crippen molar-refractivity contribution >= 4 is 21.6 Å². The fourth-order valence-corrected chi connectivity index (χ4v) is 4.84. The summed E-state index contributed by atoms with van der Waals surface area (Å²) < 4.78 is 39.2. The van der Waals surface area contributed by atoms with Gasteiger partial charge in [0, 0.05) is 35.8 Å². The lowest BCUT2D eigenvalue weighted by molar-refractivity contribution is 0.0509. The lowest BCUT2D eigenvalue weighted by atomic mass is 9.74. The number of methoxy groups -OCH3 is 1. The highest BCUT2D eigenvalue weighted by Crippen LogP contribution is 2.39. The first-order valence-corrected chi connectivity index (χ1v) is 10.9. The molecule has 1 fully saturated rings. The molecule has 2 aromatic rings. The van der Waals surface area contributed by atoms with Crippen molar-refractivity contribution in [1.82, 2.24) is 4.72 Å². The molecule has 3 rings (SSSR count). The van der Waals surface area contributed by atoms with Crippen molar-refractivity contribution < 1.29 is 17.9 Å². The molecule has 0 spiro atoms. The van der Waals surface area contributed by atoms with Gasteiger partial charge in [0.15, 0.2) is 0 Å². The average molecular weight is 410 g/mol. The molecule has 0 saturated carbocycles. The van der Waals surface area contributed by atoms with Crippen LogP contribution in [0.2, 0.25) is 5.02 Å². The van der Waals surface area contributed by atoms with Crippen LogP contribution < -0.4 is 9.46 Å². The molecule has 1 aliphatic heterocycles. The van der Waals surface area contributed by atoms with Gasteiger partial charge >= 0.3 is 0 Å². The smallest absolute Gasteiger partial charge is 0.215 e. The fourth-order valence-electron chi connectivity index (χ4n) is 3.49. The maximum absolute atomic E-state index is 12.6. The molecule has 0 aromatic heterocycles. The minimum absolute atomic E-state index is 0.0807. The van der Waals surface area contributed by atoms with Gasteiger partial charge in [0.1, 0.15) is 5.75 Å². The largest absolute Gasteiger partial charge is 0.496 e. The average Bonchev–Trinajstić information content (AvgIpc) is 2.69. The van der Waals surface area contributed by atoms with Crippen LogP contribution in [0.3, 0.4) is 0 Å². The van der Waals surface area contributed by atoms with E-state index in [-0.39, 0.29) is 11.2 Å². The van der Waals surface area contributed by atoms with Crippen molar-refractivity contribution in [3.05, 3.63) is 64.7 Å². The van der Waals surface area contributed by atoms with Crippen molar-refractivity contribution in [3.8, 4) is 5.75 Å². The summed E-state index contributed by atoms with van der Waals surface area (Å²) >= 11 is 5.87. The fraction of sp³-hybridized carbons (Fsp3) is 0.400. The van der Waals surface area contributed by atoms with E-state index in [2.05, 4.69) is 4.72 Å². The SMILES string of the molecule is COc1ccccc1C1(CNS(=O)(=O)Cc2ccc(Cl)cc2)CCOCC1. The molecule has 0 atom stereocenters. The zero-order valence-corrected chi connectivity index (χ0v) is 16.9. The number of hydrogen-bond acceptors (Lipinski definition) is 4. The molecule has 1 saturated heterocycles. The molecule has 1 heterocycles. The monoisotopic (exact) mass is 409 g/mol. The third-order valence-electron chi connectivity index (χ3n) is 5.03. The van der Waals surface area contributed by atoms with E-state index in [1.807, 2.05) is 24.3 Å². The quantitative estimate of drug-likeness (QED) is 0.759. The second-order valence-electron chi connectivity index (χ2n) is 6.80. The lowest BCUT2D eigenvalue weighted by Gasteiger charge is -2.38. The molecule has 146 valence electrons. The number of rotatable bonds is 7. The number of para-hydroxylation sites is 1. The van der Waals surface area contributed by atoms with E-state index in [1.165, 1.54) is 0 Å². The van der Waals surface area contributed by atoms with Gasteiger partial charge in [-0.25, -0.2) is 13.1 Å². The molecule has 0 unspecified atom stereocenters. The summed E-state index contributed by atoms with van der Waals surface area (Å²) in [6, 6.07) is 14.6. The second-order valence-corrected chi connectivity index (χ2v) is 9.04. The van der Waals surface area contributed by atoms with Gasteiger partial charge in [-0.15, -0.1) is 0 Å². The van der Waals surface area contributed by atoms with Crippen LogP contribution in [0.5, 0.6) is 5.75 Å². The maximum Gasteiger partial charge on any atom is 0.215 e. The van der Waals surface area contributed by atoms with Crippen molar-refractivity contribution in [2.75, 3.05) is 26.9 Å². The van der Waals surface area contributed by atoms with Gasteiger partial charge in [0.05, 0.1) is 12.9 Å². The van der Waals surface area contributed by atoms with Crippen LogP contribution in [0, 0.1) is 0 Å². The minimum Gasteiger partial charge on any atom is -0.496 e. The normalized spacial score (nSPS) is 16.8. The highest BCUT2D eigenvalue weighted by Gasteiger charge is 2.37. The lowest BCUT2D eigenvalue weighted by Crippen LogP contribution is -2.45. The van der Waals surface area contributed by atoms with Crippen LogP contribution in [0.1, 0.15) is 24.0 Å². The number of hydrogen-bond donors (Lipinski definition) is 1. The summed E-state index contributed by atoms with van der Waals surface area (Å²) in [5, 5.41) is 0.585. The van der Waals surface area contributed by atoms with Gasteiger partial charge in [0.25, 0.3) is 0 Å². The number of ether oxygens (including phenoxy) is 2. The Kier molecular flexibility index (Phi) is 6.42. The van der Waals surface area contributed by atoms with E-state index in [0.29, 0.717) is 30.3 Å². The minimum atomic E-state index is -3.49. The molecule has 0 bridgehead atoms. The molecule has 0 amide bonds. The van der Waals surface area contributed by atoms with E-state index in [0.717, 1.165) is 24.2 Å². The second kappa shape index (κ2) is 8.61. The molecule has 2 aromatic carbocycles.